The number of carbonyl (C=O) groups is 1. The van der Waals surface area contributed by atoms with Crippen molar-refractivity contribution in [2.45, 2.75) is 106 Å². The molecule has 6 atom stereocenters. The molecule has 0 bridgehead atoms. The highest BCUT2D eigenvalue weighted by atomic mass is 16.1. The van der Waals surface area contributed by atoms with Gasteiger partial charge in [0.25, 0.3) is 0 Å². The highest BCUT2D eigenvalue weighted by Gasteiger charge is 2.68. The highest BCUT2D eigenvalue weighted by molar-refractivity contribution is 5.88. The third-order valence-corrected chi connectivity index (χ3v) is 10.8. The van der Waals surface area contributed by atoms with Crippen LogP contribution in [0.4, 0.5) is 0 Å². The summed E-state index contributed by atoms with van der Waals surface area (Å²) >= 11 is 0. The van der Waals surface area contributed by atoms with E-state index in [4.69, 9.17) is 6.58 Å². The molecule has 1 N–H and O–H groups in total. The third-order valence-electron chi connectivity index (χ3n) is 10.8. The topological polar surface area (TPSA) is 29.1 Å². The number of allylic oxidation sites excluding steroid dienone is 9. The Balaban J connectivity index is 1.61. The number of hydrogen-bond donors (Lipinski definition) is 1. The van der Waals surface area contributed by atoms with Crippen molar-refractivity contribution in [3.63, 3.8) is 0 Å². The van der Waals surface area contributed by atoms with Gasteiger partial charge in [-0.2, -0.15) is 0 Å². The van der Waals surface area contributed by atoms with Crippen molar-refractivity contribution in [1.82, 2.24) is 5.32 Å². The maximum Gasteiger partial charge on any atom is 0.158 e. The lowest BCUT2D eigenvalue weighted by molar-refractivity contribution is -0.127. The lowest BCUT2D eigenvalue weighted by atomic mass is 9.72. The van der Waals surface area contributed by atoms with Gasteiger partial charge in [0, 0.05) is 17.0 Å². The zero-order chi connectivity index (χ0) is 28.7. The van der Waals surface area contributed by atoms with Crippen molar-refractivity contribution in [2.24, 2.45) is 46.3 Å². The van der Waals surface area contributed by atoms with Crippen molar-refractivity contribution in [1.29, 1.82) is 0 Å². The molecule has 4 rings (SSSR count). The molecule has 4 aliphatic rings. The Bertz CT molecular complexity index is 1060. The molecule has 2 nitrogen and oxygen atoms in total. The van der Waals surface area contributed by atoms with Gasteiger partial charge in [-0.3, -0.25) is 4.79 Å². The van der Waals surface area contributed by atoms with Crippen LogP contribution in [0.15, 0.2) is 72.0 Å². The molecule has 2 heteroatoms. The minimum absolute atomic E-state index is 0.0504. The van der Waals surface area contributed by atoms with Crippen LogP contribution >= 0.6 is 0 Å². The summed E-state index contributed by atoms with van der Waals surface area (Å²) in [6.45, 7) is 29.4. The average molecular weight is 530 g/mol. The first-order chi connectivity index (χ1) is 18.3. The standard InChI is InChI=1S/C37H55NO/c1-11-16-26(23(3)12-2)19-24(4)32-30(22-31-33(32)37(31,9)10)35(39)34(38-25(5)36(6,7)8)29-20-27-17-14-13-15-18-28(27)21-29/h14-15,17-18,26,29-34,38H,3-5,11-13,16,19-22H2,1-2,6-10H3. The second-order valence-corrected chi connectivity index (χ2v) is 14.7. The van der Waals surface area contributed by atoms with Crippen LogP contribution in [0.1, 0.15) is 99.8 Å². The van der Waals surface area contributed by atoms with Gasteiger partial charge in [-0.05, 0) is 91.1 Å². The first-order valence-electron chi connectivity index (χ1n) is 15.7. The van der Waals surface area contributed by atoms with Crippen LogP contribution in [0.3, 0.4) is 0 Å². The van der Waals surface area contributed by atoms with Crippen LogP contribution in [0.5, 0.6) is 0 Å². The summed E-state index contributed by atoms with van der Waals surface area (Å²) in [6, 6.07) is -0.205. The molecule has 0 saturated heterocycles. The maximum atomic E-state index is 14.7. The molecule has 0 spiro atoms. The van der Waals surface area contributed by atoms with Crippen molar-refractivity contribution in [3.8, 4) is 0 Å². The minimum Gasteiger partial charge on any atom is -0.378 e. The first-order valence-corrected chi connectivity index (χ1v) is 15.7. The summed E-state index contributed by atoms with van der Waals surface area (Å²) in [5, 5.41) is 3.74. The van der Waals surface area contributed by atoms with E-state index in [-0.39, 0.29) is 29.2 Å². The summed E-state index contributed by atoms with van der Waals surface area (Å²) in [5.74, 6) is 2.68. The fraction of sp³-hybridized carbons (Fsp3) is 0.649. The van der Waals surface area contributed by atoms with E-state index in [2.05, 4.69) is 91.2 Å². The predicted octanol–water partition coefficient (Wildman–Crippen LogP) is 9.53. The fourth-order valence-corrected chi connectivity index (χ4v) is 8.03. The van der Waals surface area contributed by atoms with Crippen molar-refractivity contribution < 1.29 is 4.79 Å². The van der Waals surface area contributed by atoms with Crippen molar-refractivity contribution in [2.75, 3.05) is 0 Å². The Morgan fingerprint density at radius 3 is 2.23 bits per heavy atom. The molecular weight excluding hydrogens is 474 g/mol. The molecule has 2 fully saturated rings. The third kappa shape index (κ3) is 6.01. The molecule has 0 aliphatic heterocycles. The van der Waals surface area contributed by atoms with Gasteiger partial charge in [0.1, 0.15) is 0 Å². The monoisotopic (exact) mass is 529 g/mol. The maximum absolute atomic E-state index is 14.7. The van der Waals surface area contributed by atoms with Gasteiger partial charge in [0.2, 0.25) is 0 Å². The lowest BCUT2D eigenvalue weighted by Crippen LogP contribution is -2.48. The van der Waals surface area contributed by atoms with E-state index in [1.807, 2.05) is 0 Å². The first kappa shape index (κ1) is 29.9. The molecular formula is C37H55NO. The Morgan fingerprint density at radius 2 is 1.69 bits per heavy atom. The van der Waals surface area contributed by atoms with Gasteiger partial charge in [-0.15, -0.1) is 0 Å². The van der Waals surface area contributed by atoms with Gasteiger partial charge in [0.05, 0.1) is 6.04 Å². The van der Waals surface area contributed by atoms with Crippen LogP contribution in [-0.2, 0) is 4.79 Å². The molecule has 2 saturated carbocycles. The van der Waals surface area contributed by atoms with Crippen LogP contribution in [-0.4, -0.2) is 11.8 Å². The molecule has 0 aromatic rings. The highest BCUT2D eigenvalue weighted by Crippen LogP contribution is 2.72. The quantitative estimate of drug-likeness (QED) is 0.255. The zero-order valence-electron chi connectivity index (χ0n) is 26.0. The normalized spacial score (nSPS) is 28.9. The molecule has 39 heavy (non-hydrogen) atoms. The summed E-state index contributed by atoms with van der Waals surface area (Å²) < 4.78 is 0. The van der Waals surface area contributed by atoms with E-state index >= 15 is 0 Å². The number of hydrogen-bond acceptors (Lipinski definition) is 2. The van der Waals surface area contributed by atoms with E-state index in [0.717, 1.165) is 57.1 Å². The Labute approximate surface area is 239 Å². The molecule has 0 aromatic heterocycles. The molecule has 4 aliphatic carbocycles. The summed E-state index contributed by atoms with van der Waals surface area (Å²) in [7, 11) is 0. The lowest BCUT2D eigenvalue weighted by Gasteiger charge is -2.36. The SMILES string of the molecule is C=C(CC)C(CCC)CC(=C)C1C(C(=O)C(NC(=C)C(C)(C)C)C2CC3=C(C=CCC=C3)C2)CC2C1C2(C)C. The number of fused-ring (bicyclic) bond motifs is 1. The average Bonchev–Trinajstić information content (AvgIpc) is 3.15. The van der Waals surface area contributed by atoms with E-state index in [1.54, 1.807) is 0 Å². The van der Waals surface area contributed by atoms with Crippen LogP contribution in [0.2, 0.25) is 0 Å². The number of rotatable bonds is 12. The van der Waals surface area contributed by atoms with E-state index in [9.17, 15) is 4.79 Å². The van der Waals surface area contributed by atoms with Crippen LogP contribution < -0.4 is 5.32 Å². The van der Waals surface area contributed by atoms with Gasteiger partial charge < -0.3 is 5.32 Å². The summed E-state index contributed by atoms with van der Waals surface area (Å²) in [6.07, 6.45) is 17.3. The molecule has 214 valence electrons. The van der Waals surface area contributed by atoms with Gasteiger partial charge >= 0.3 is 0 Å². The van der Waals surface area contributed by atoms with Gasteiger partial charge in [-0.1, -0.05) is 110 Å². The van der Waals surface area contributed by atoms with E-state index in [0.29, 0.717) is 29.0 Å². The number of Topliss-reactive ketones (excluding diaryl/α,β-unsaturated/α-hetero) is 1. The second kappa shape index (κ2) is 11.4. The number of ketones is 1. The molecule has 6 unspecified atom stereocenters. The Kier molecular flexibility index (Phi) is 8.75. The number of carbonyl (C=O) groups excluding carboxylic acids is 1. The van der Waals surface area contributed by atoms with Gasteiger partial charge in [0.15, 0.2) is 5.78 Å². The van der Waals surface area contributed by atoms with Crippen LogP contribution in [0, 0.1) is 46.3 Å². The largest absolute Gasteiger partial charge is 0.378 e. The van der Waals surface area contributed by atoms with E-state index in [1.165, 1.54) is 22.3 Å². The van der Waals surface area contributed by atoms with Gasteiger partial charge in [-0.25, -0.2) is 0 Å². The zero-order valence-corrected chi connectivity index (χ0v) is 26.0. The summed E-state index contributed by atoms with van der Waals surface area (Å²) in [4.78, 5) is 14.7. The second-order valence-electron chi connectivity index (χ2n) is 14.7. The Hall–Kier alpha value is -2.09. The molecule has 0 amide bonds. The van der Waals surface area contributed by atoms with E-state index < -0.39 is 0 Å². The molecule has 0 aromatic carbocycles. The van der Waals surface area contributed by atoms with Crippen LogP contribution in [0.25, 0.3) is 0 Å². The predicted molar refractivity (Wildman–Crippen MR) is 167 cm³/mol. The smallest absolute Gasteiger partial charge is 0.158 e. The van der Waals surface area contributed by atoms with Crippen molar-refractivity contribution >= 4 is 5.78 Å². The Morgan fingerprint density at radius 1 is 1.08 bits per heavy atom. The fourth-order valence-electron chi connectivity index (χ4n) is 8.03. The minimum atomic E-state index is -0.205. The summed E-state index contributed by atoms with van der Waals surface area (Å²) in [5.41, 5.74) is 6.64. The molecule has 0 radical (unpaired) electrons. The van der Waals surface area contributed by atoms with Crippen molar-refractivity contribution in [3.05, 3.63) is 72.0 Å². The number of nitrogens with one attached hydrogen (secondary N) is 1. The molecule has 0 heterocycles.